The molecular formula is C16H14ClFO2. The standard InChI is InChI=1S/C16H14ClFO2/c1-9-2-5-15-11(6-9)14(19)8-16(20-15)10-3-4-13(18)12(17)7-10/h2-7,14,16,19H,8H2,1H3/t14-,16?/m1/s1. The Labute approximate surface area is 121 Å². The van der Waals surface area contributed by atoms with Crippen LogP contribution in [0.25, 0.3) is 0 Å². The minimum absolute atomic E-state index is 0.0651. The van der Waals surface area contributed by atoms with E-state index in [-0.39, 0.29) is 11.1 Å². The number of aliphatic hydroxyl groups excluding tert-OH is 1. The fourth-order valence-electron chi connectivity index (χ4n) is 2.48. The van der Waals surface area contributed by atoms with Crippen molar-refractivity contribution in [3.05, 3.63) is 63.9 Å². The van der Waals surface area contributed by atoms with Gasteiger partial charge in [0.25, 0.3) is 0 Å². The van der Waals surface area contributed by atoms with Gasteiger partial charge in [-0.15, -0.1) is 0 Å². The highest BCUT2D eigenvalue weighted by atomic mass is 35.5. The summed E-state index contributed by atoms with van der Waals surface area (Å²) < 4.78 is 19.1. The van der Waals surface area contributed by atoms with Crippen LogP contribution in [-0.2, 0) is 0 Å². The van der Waals surface area contributed by atoms with Gasteiger partial charge in [-0.25, -0.2) is 4.39 Å². The molecule has 2 atom stereocenters. The van der Waals surface area contributed by atoms with Crippen LogP contribution in [0.4, 0.5) is 4.39 Å². The smallest absolute Gasteiger partial charge is 0.141 e. The predicted octanol–water partition coefficient (Wildman–Crippen LogP) is 4.34. The highest BCUT2D eigenvalue weighted by Crippen LogP contribution is 2.41. The predicted molar refractivity (Wildman–Crippen MR) is 75.5 cm³/mol. The summed E-state index contributed by atoms with van der Waals surface area (Å²) in [6, 6.07) is 10.2. The summed E-state index contributed by atoms with van der Waals surface area (Å²) in [4.78, 5) is 0. The Balaban J connectivity index is 1.94. The number of benzene rings is 2. The van der Waals surface area contributed by atoms with E-state index in [1.807, 2.05) is 25.1 Å². The van der Waals surface area contributed by atoms with E-state index in [2.05, 4.69) is 0 Å². The molecule has 1 heterocycles. The molecule has 0 aliphatic carbocycles. The van der Waals surface area contributed by atoms with Crippen molar-refractivity contribution < 1.29 is 14.2 Å². The van der Waals surface area contributed by atoms with E-state index in [0.717, 1.165) is 16.7 Å². The van der Waals surface area contributed by atoms with Crippen LogP contribution in [0.1, 0.15) is 35.3 Å². The monoisotopic (exact) mass is 292 g/mol. The van der Waals surface area contributed by atoms with E-state index in [0.29, 0.717) is 12.2 Å². The number of hydrogen-bond acceptors (Lipinski definition) is 2. The molecule has 1 aliphatic heterocycles. The van der Waals surface area contributed by atoms with Crippen LogP contribution in [0.3, 0.4) is 0 Å². The molecule has 2 nitrogen and oxygen atoms in total. The molecule has 104 valence electrons. The minimum Gasteiger partial charge on any atom is -0.485 e. The number of aryl methyl sites for hydroxylation is 1. The first kappa shape index (κ1) is 13.4. The lowest BCUT2D eigenvalue weighted by Gasteiger charge is -2.30. The van der Waals surface area contributed by atoms with Crippen LogP contribution >= 0.6 is 11.6 Å². The number of rotatable bonds is 1. The topological polar surface area (TPSA) is 29.5 Å². The van der Waals surface area contributed by atoms with Crippen LogP contribution in [0, 0.1) is 12.7 Å². The van der Waals surface area contributed by atoms with E-state index in [1.54, 1.807) is 12.1 Å². The Hall–Kier alpha value is -1.58. The third-order valence-corrected chi connectivity index (χ3v) is 3.84. The van der Waals surface area contributed by atoms with Gasteiger partial charge in [0.1, 0.15) is 17.7 Å². The third kappa shape index (κ3) is 2.39. The zero-order valence-electron chi connectivity index (χ0n) is 10.9. The molecule has 0 saturated heterocycles. The van der Waals surface area contributed by atoms with Crippen molar-refractivity contribution in [1.29, 1.82) is 0 Å². The van der Waals surface area contributed by atoms with Gasteiger partial charge in [0, 0.05) is 12.0 Å². The highest BCUT2D eigenvalue weighted by Gasteiger charge is 2.28. The van der Waals surface area contributed by atoms with Crippen molar-refractivity contribution in [2.24, 2.45) is 0 Å². The summed E-state index contributed by atoms with van der Waals surface area (Å²) in [5, 5.41) is 10.3. The molecule has 0 saturated carbocycles. The van der Waals surface area contributed by atoms with Gasteiger partial charge in [0.15, 0.2) is 0 Å². The van der Waals surface area contributed by atoms with E-state index in [1.165, 1.54) is 6.07 Å². The fraction of sp³-hybridized carbons (Fsp3) is 0.250. The van der Waals surface area contributed by atoms with Crippen molar-refractivity contribution in [3.8, 4) is 5.75 Å². The van der Waals surface area contributed by atoms with Gasteiger partial charge in [-0.1, -0.05) is 29.3 Å². The van der Waals surface area contributed by atoms with E-state index in [9.17, 15) is 9.50 Å². The second-order valence-corrected chi connectivity index (χ2v) is 5.48. The zero-order chi connectivity index (χ0) is 14.3. The molecule has 2 aromatic rings. The van der Waals surface area contributed by atoms with Gasteiger partial charge < -0.3 is 9.84 Å². The summed E-state index contributed by atoms with van der Waals surface area (Å²) in [5.74, 6) is 0.211. The van der Waals surface area contributed by atoms with Crippen molar-refractivity contribution in [2.45, 2.75) is 25.6 Å². The quantitative estimate of drug-likeness (QED) is 0.847. The van der Waals surface area contributed by atoms with Gasteiger partial charge in [-0.05, 0) is 36.8 Å². The lowest BCUT2D eigenvalue weighted by molar-refractivity contribution is 0.0656. The molecule has 1 unspecified atom stereocenters. The Morgan fingerprint density at radius 3 is 2.80 bits per heavy atom. The van der Waals surface area contributed by atoms with Gasteiger partial charge in [-0.2, -0.15) is 0 Å². The number of hydrogen-bond donors (Lipinski definition) is 1. The largest absolute Gasteiger partial charge is 0.485 e. The van der Waals surface area contributed by atoms with Gasteiger partial charge in [0.2, 0.25) is 0 Å². The minimum atomic E-state index is -0.590. The number of fused-ring (bicyclic) bond motifs is 1. The highest BCUT2D eigenvalue weighted by molar-refractivity contribution is 6.30. The molecule has 0 spiro atoms. The molecule has 0 bridgehead atoms. The van der Waals surface area contributed by atoms with Crippen molar-refractivity contribution in [3.63, 3.8) is 0 Å². The van der Waals surface area contributed by atoms with Crippen LogP contribution < -0.4 is 4.74 Å². The number of halogens is 2. The third-order valence-electron chi connectivity index (χ3n) is 3.55. The Morgan fingerprint density at radius 2 is 2.05 bits per heavy atom. The Bertz CT molecular complexity index is 657. The lowest BCUT2D eigenvalue weighted by Crippen LogP contribution is -2.19. The molecule has 0 aromatic heterocycles. The van der Waals surface area contributed by atoms with E-state index < -0.39 is 11.9 Å². The van der Waals surface area contributed by atoms with Crippen LogP contribution in [0.15, 0.2) is 36.4 Å². The Morgan fingerprint density at radius 1 is 1.25 bits per heavy atom. The van der Waals surface area contributed by atoms with Gasteiger partial charge in [-0.3, -0.25) is 0 Å². The summed E-state index contributed by atoms with van der Waals surface area (Å²) in [5.41, 5.74) is 2.64. The second-order valence-electron chi connectivity index (χ2n) is 5.07. The van der Waals surface area contributed by atoms with Crippen molar-refractivity contribution in [2.75, 3.05) is 0 Å². The molecule has 0 amide bonds. The molecular weight excluding hydrogens is 279 g/mol. The molecule has 20 heavy (non-hydrogen) atoms. The molecule has 0 fully saturated rings. The number of aliphatic hydroxyl groups is 1. The maximum absolute atomic E-state index is 13.2. The van der Waals surface area contributed by atoms with Gasteiger partial charge in [0.05, 0.1) is 11.1 Å². The van der Waals surface area contributed by atoms with Crippen LogP contribution in [0.5, 0.6) is 5.75 Å². The first-order chi connectivity index (χ1) is 9.54. The van der Waals surface area contributed by atoms with E-state index in [4.69, 9.17) is 16.3 Å². The molecule has 3 rings (SSSR count). The average Bonchev–Trinajstić information content (AvgIpc) is 2.42. The van der Waals surface area contributed by atoms with Crippen LogP contribution in [0.2, 0.25) is 5.02 Å². The SMILES string of the molecule is Cc1ccc2c(c1)[C@H](O)CC(c1ccc(F)c(Cl)c1)O2. The normalized spacial score (nSPS) is 21.2. The zero-order valence-corrected chi connectivity index (χ0v) is 11.7. The molecule has 0 radical (unpaired) electrons. The Kier molecular flexibility index (Phi) is 3.40. The molecule has 1 N–H and O–H groups in total. The first-order valence-corrected chi connectivity index (χ1v) is 6.82. The van der Waals surface area contributed by atoms with Crippen LogP contribution in [-0.4, -0.2) is 5.11 Å². The lowest BCUT2D eigenvalue weighted by atomic mass is 9.94. The molecule has 1 aliphatic rings. The summed E-state index contributed by atoms with van der Waals surface area (Å²) >= 11 is 5.80. The van der Waals surface area contributed by atoms with Crippen molar-refractivity contribution >= 4 is 11.6 Å². The maximum atomic E-state index is 13.2. The second kappa shape index (κ2) is 5.08. The summed E-state index contributed by atoms with van der Waals surface area (Å²) in [7, 11) is 0. The fourth-order valence-corrected chi connectivity index (χ4v) is 2.67. The van der Waals surface area contributed by atoms with Gasteiger partial charge >= 0.3 is 0 Å². The summed E-state index contributed by atoms with van der Waals surface area (Å²) in [6.45, 7) is 1.97. The maximum Gasteiger partial charge on any atom is 0.141 e. The first-order valence-electron chi connectivity index (χ1n) is 6.45. The van der Waals surface area contributed by atoms with E-state index >= 15 is 0 Å². The average molecular weight is 293 g/mol. The molecule has 4 heteroatoms. The number of ether oxygens (including phenoxy) is 1. The van der Waals surface area contributed by atoms with Crippen molar-refractivity contribution in [1.82, 2.24) is 0 Å². The molecule has 2 aromatic carbocycles. The summed E-state index contributed by atoms with van der Waals surface area (Å²) in [6.07, 6.45) is -0.482.